The van der Waals surface area contributed by atoms with Gasteiger partial charge in [0.25, 0.3) is 0 Å². The number of hydrogen-bond donors (Lipinski definition) is 1. The van der Waals surface area contributed by atoms with Crippen molar-refractivity contribution >= 4 is 25.8 Å². The van der Waals surface area contributed by atoms with Crippen molar-refractivity contribution in [2.24, 2.45) is 0 Å². The molecule has 0 saturated heterocycles. The fourth-order valence-electron chi connectivity index (χ4n) is 1.31. The summed E-state index contributed by atoms with van der Waals surface area (Å²) in [6.07, 6.45) is 5.29. The second-order valence-corrected chi connectivity index (χ2v) is 6.55. The first-order valence-corrected chi connectivity index (χ1v) is 6.05. The first-order valence-electron chi connectivity index (χ1n) is 3.52. The second-order valence-electron chi connectivity index (χ2n) is 2.55. The zero-order valence-electron chi connectivity index (χ0n) is 5.64. The molecule has 0 saturated carbocycles. The summed E-state index contributed by atoms with van der Waals surface area (Å²) in [6, 6.07) is 0. The van der Waals surface area contributed by atoms with E-state index in [2.05, 4.69) is 0 Å². The van der Waals surface area contributed by atoms with Crippen molar-refractivity contribution in [1.82, 2.24) is 0 Å². The predicted molar refractivity (Wildman–Crippen MR) is 43.8 cm³/mol. The van der Waals surface area contributed by atoms with Gasteiger partial charge in [-0.3, -0.25) is 0 Å². The van der Waals surface area contributed by atoms with Crippen LogP contribution in [0.1, 0.15) is 22.2 Å². The number of aryl methyl sites for hydroxylation is 2. The summed E-state index contributed by atoms with van der Waals surface area (Å²) in [6.45, 7) is 0. The van der Waals surface area contributed by atoms with Gasteiger partial charge in [0.05, 0.1) is 0 Å². The van der Waals surface area contributed by atoms with Gasteiger partial charge in [-0.1, -0.05) is 0 Å². The van der Waals surface area contributed by atoms with Gasteiger partial charge in [-0.15, -0.1) is 0 Å². The molecule has 2 rings (SSSR count). The molecule has 1 heterocycles. The zero-order chi connectivity index (χ0) is 6.97. The molecular formula is C7H9NSSe. The number of fused-ring (bicyclic) bond motifs is 1. The van der Waals surface area contributed by atoms with E-state index in [1.807, 2.05) is 0 Å². The van der Waals surface area contributed by atoms with Gasteiger partial charge in [-0.05, 0) is 0 Å². The Labute approximate surface area is 70.0 Å². The van der Waals surface area contributed by atoms with Gasteiger partial charge < -0.3 is 0 Å². The fourth-order valence-corrected chi connectivity index (χ4v) is 5.37. The molecule has 1 aromatic heterocycles. The van der Waals surface area contributed by atoms with Gasteiger partial charge in [0.1, 0.15) is 0 Å². The van der Waals surface area contributed by atoms with Gasteiger partial charge in [0.2, 0.25) is 0 Å². The third-order valence-corrected chi connectivity index (χ3v) is 5.78. The van der Waals surface area contributed by atoms with Crippen LogP contribution in [0.25, 0.3) is 0 Å². The Morgan fingerprint density at radius 1 is 1.30 bits per heavy atom. The third-order valence-electron chi connectivity index (χ3n) is 1.80. The normalized spacial score (nSPS) is 16.8. The standard InChI is InChI=1S/C7H9NSSe/c8-7-9-5-3-1-2-4-6(5)10-7/h8H,1-4H2. The maximum absolute atomic E-state index is 7.49. The van der Waals surface area contributed by atoms with E-state index in [0.29, 0.717) is 14.5 Å². The molecule has 0 aliphatic heterocycles. The van der Waals surface area contributed by atoms with Gasteiger partial charge in [-0.2, -0.15) is 0 Å². The summed E-state index contributed by atoms with van der Waals surface area (Å²) < 4.78 is 2.56. The molecule has 54 valence electrons. The number of rotatable bonds is 0. The summed E-state index contributed by atoms with van der Waals surface area (Å²) in [7, 11) is 0. The van der Waals surface area contributed by atoms with Crippen LogP contribution < -0.4 is 3.54 Å². The monoisotopic (exact) mass is 219 g/mol. The van der Waals surface area contributed by atoms with Crippen molar-refractivity contribution in [1.29, 1.82) is 5.41 Å². The van der Waals surface area contributed by atoms with E-state index in [0.717, 1.165) is 3.54 Å². The van der Waals surface area contributed by atoms with Crippen LogP contribution in [0, 0.1) is 5.41 Å². The van der Waals surface area contributed by atoms with Crippen LogP contribution in [0.4, 0.5) is 0 Å². The van der Waals surface area contributed by atoms with E-state index >= 15 is 0 Å². The van der Waals surface area contributed by atoms with Crippen LogP contribution in [0.2, 0.25) is 0 Å². The Balaban J connectivity index is 2.50. The molecule has 1 nitrogen and oxygen atoms in total. The summed E-state index contributed by atoms with van der Waals surface area (Å²) in [5.74, 6) is 0. The quantitative estimate of drug-likeness (QED) is 0.632. The van der Waals surface area contributed by atoms with E-state index in [1.165, 1.54) is 25.7 Å². The average Bonchev–Trinajstić information content (AvgIpc) is 2.27. The van der Waals surface area contributed by atoms with Gasteiger partial charge in [-0.25, -0.2) is 0 Å². The van der Waals surface area contributed by atoms with Crippen LogP contribution in [-0.2, 0) is 12.8 Å². The molecule has 0 atom stereocenters. The van der Waals surface area contributed by atoms with E-state index in [4.69, 9.17) is 5.41 Å². The Morgan fingerprint density at radius 3 is 2.90 bits per heavy atom. The molecular weight excluding hydrogens is 209 g/mol. The van der Waals surface area contributed by atoms with E-state index in [9.17, 15) is 0 Å². The third kappa shape index (κ3) is 1.14. The van der Waals surface area contributed by atoms with Crippen LogP contribution in [0.3, 0.4) is 0 Å². The van der Waals surface area contributed by atoms with E-state index < -0.39 is 0 Å². The number of hydrogen-bond acceptors (Lipinski definition) is 2. The van der Waals surface area contributed by atoms with Crippen LogP contribution >= 0.6 is 11.3 Å². The molecule has 1 aliphatic carbocycles. The Morgan fingerprint density at radius 2 is 2.10 bits per heavy atom. The molecule has 0 spiro atoms. The fraction of sp³-hybridized carbons (Fsp3) is 0.571. The summed E-state index contributed by atoms with van der Waals surface area (Å²) in [4.78, 5) is 1.55. The minimum atomic E-state index is 0.445. The van der Waals surface area contributed by atoms with Crippen molar-refractivity contribution in [3.8, 4) is 0 Å². The average molecular weight is 218 g/mol. The Hall–Kier alpha value is 0.149. The topological polar surface area (TPSA) is 23.9 Å². The van der Waals surface area contributed by atoms with Crippen LogP contribution in [0.5, 0.6) is 0 Å². The van der Waals surface area contributed by atoms with Gasteiger partial charge in [0.15, 0.2) is 0 Å². The van der Waals surface area contributed by atoms with Crippen molar-refractivity contribution in [2.75, 3.05) is 0 Å². The Bertz CT molecular complexity index is 260. The SMILES string of the molecule is N=c1sc2c([se]1)CCCC2. The zero-order valence-corrected chi connectivity index (χ0v) is 8.17. The molecule has 10 heavy (non-hydrogen) atoms. The molecule has 1 N–H and O–H groups in total. The first-order chi connectivity index (χ1) is 4.86. The molecule has 1 aromatic rings. The summed E-state index contributed by atoms with van der Waals surface area (Å²) in [5.41, 5.74) is 0. The number of nitrogens with one attached hydrogen (secondary N) is 1. The molecule has 0 bridgehead atoms. The van der Waals surface area contributed by atoms with Gasteiger partial charge >= 0.3 is 69.8 Å². The van der Waals surface area contributed by atoms with Crippen molar-refractivity contribution in [3.63, 3.8) is 0 Å². The van der Waals surface area contributed by atoms with Crippen molar-refractivity contribution in [3.05, 3.63) is 12.9 Å². The molecule has 0 radical (unpaired) electrons. The van der Waals surface area contributed by atoms with Crippen LogP contribution in [0.15, 0.2) is 0 Å². The summed E-state index contributed by atoms with van der Waals surface area (Å²) >= 11 is 2.19. The molecule has 1 aliphatic rings. The molecule has 0 aromatic carbocycles. The minimum absolute atomic E-state index is 0.445. The predicted octanol–water partition coefficient (Wildman–Crippen LogP) is 1.16. The van der Waals surface area contributed by atoms with E-state index in [-0.39, 0.29) is 0 Å². The van der Waals surface area contributed by atoms with E-state index in [1.54, 1.807) is 20.7 Å². The van der Waals surface area contributed by atoms with Crippen LogP contribution in [-0.4, -0.2) is 14.5 Å². The van der Waals surface area contributed by atoms with Gasteiger partial charge in [0, 0.05) is 0 Å². The summed E-state index contributed by atoms with van der Waals surface area (Å²) in [5, 5.41) is 7.49. The Kier molecular flexibility index (Phi) is 1.81. The van der Waals surface area contributed by atoms with Crippen molar-refractivity contribution in [2.45, 2.75) is 25.7 Å². The molecule has 0 amide bonds. The molecule has 3 heteroatoms. The molecule has 0 unspecified atom stereocenters. The second kappa shape index (κ2) is 2.65. The molecule has 0 fully saturated rings. The van der Waals surface area contributed by atoms with Crippen molar-refractivity contribution < 1.29 is 0 Å². The maximum atomic E-state index is 7.49. The first kappa shape index (κ1) is 6.83.